The fourth-order valence-corrected chi connectivity index (χ4v) is 3.37. The Bertz CT molecular complexity index is 416. The molecule has 1 atom stereocenters. The van der Waals surface area contributed by atoms with Crippen molar-refractivity contribution in [1.82, 2.24) is 20.1 Å². The Hall–Kier alpha value is -0.970. The highest BCUT2D eigenvalue weighted by atomic mass is 15.2. The van der Waals surface area contributed by atoms with Gasteiger partial charge in [-0.05, 0) is 24.0 Å². The van der Waals surface area contributed by atoms with Crippen molar-refractivity contribution in [3.63, 3.8) is 0 Å². The first-order valence-electron chi connectivity index (χ1n) is 9.14. The van der Waals surface area contributed by atoms with E-state index in [0.29, 0.717) is 17.9 Å². The number of aromatic nitrogens is 1. The highest BCUT2D eigenvalue weighted by Crippen LogP contribution is 2.23. The van der Waals surface area contributed by atoms with Crippen LogP contribution in [0, 0.1) is 11.8 Å². The molecule has 1 aromatic heterocycles. The van der Waals surface area contributed by atoms with Gasteiger partial charge in [-0.1, -0.05) is 33.8 Å². The number of piperazine rings is 1. The average molecular weight is 319 g/mol. The van der Waals surface area contributed by atoms with E-state index in [-0.39, 0.29) is 0 Å². The topological polar surface area (TPSA) is 31.4 Å². The van der Waals surface area contributed by atoms with Crippen LogP contribution >= 0.6 is 0 Å². The van der Waals surface area contributed by atoms with Crippen molar-refractivity contribution in [2.24, 2.45) is 11.8 Å². The van der Waals surface area contributed by atoms with Gasteiger partial charge in [0.25, 0.3) is 0 Å². The fraction of sp³-hybridized carbons (Fsp3) is 0.737. The van der Waals surface area contributed by atoms with Crippen molar-refractivity contribution >= 4 is 0 Å². The molecule has 130 valence electrons. The number of nitrogens with one attached hydrogen (secondary N) is 1. The molecule has 0 saturated carbocycles. The molecular weight excluding hydrogens is 284 g/mol. The summed E-state index contributed by atoms with van der Waals surface area (Å²) in [5.41, 5.74) is 1.22. The minimum Gasteiger partial charge on any atom is -0.314 e. The molecule has 0 bridgehead atoms. The maximum atomic E-state index is 4.70. The van der Waals surface area contributed by atoms with Crippen molar-refractivity contribution in [2.75, 3.05) is 45.8 Å². The second-order valence-corrected chi connectivity index (χ2v) is 7.56. The zero-order chi connectivity index (χ0) is 16.7. The Kier molecular flexibility index (Phi) is 7.47. The lowest BCUT2D eigenvalue weighted by molar-refractivity contribution is 0.105. The monoisotopic (exact) mass is 318 g/mol. The molecule has 0 spiro atoms. The van der Waals surface area contributed by atoms with Crippen molar-refractivity contribution < 1.29 is 0 Å². The van der Waals surface area contributed by atoms with E-state index in [0.717, 1.165) is 45.8 Å². The molecule has 0 aromatic carbocycles. The van der Waals surface area contributed by atoms with Crippen LogP contribution in [0.4, 0.5) is 0 Å². The van der Waals surface area contributed by atoms with Crippen LogP contribution in [0.25, 0.3) is 0 Å². The Morgan fingerprint density at radius 3 is 2.26 bits per heavy atom. The third-order valence-corrected chi connectivity index (χ3v) is 4.31. The summed E-state index contributed by atoms with van der Waals surface area (Å²) in [6.45, 7) is 17.1. The SMILES string of the molecule is CC(C)CN(CC(C)C)C(CN1CCNCC1)c1ccccn1. The highest BCUT2D eigenvalue weighted by Gasteiger charge is 2.26. The maximum absolute atomic E-state index is 4.70. The van der Waals surface area contributed by atoms with E-state index in [1.165, 1.54) is 5.69 Å². The molecule has 1 aliphatic rings. The lowest BCUT2D eigenvalue weighted by atomic mass is 10.0. The number of rotatable bonds is 8. The molecule has 1 aromatic rings. The molecule has 4 nitrogen and oxygen atoms in total. The van der Waals surface area contributed by atoms with Crippen molar-refractivity contribution in [3.8, 4) is 0 Å². The van der Waals surface area contributed by atoms with E-state index in [1.807, 2.05) is 12.3 Å². The third-order valence-electron chi connectivity index (χ3n) is 4.31. The Morgan fingerprint density at radius 1 is 1.09 bits per heavy atom. The van der Waals surface area contributed by atoms with Gasteiger partial charge in [0.1, 0.15) is 0 Å². The van der Waals surface area contributed by atoms with Gasteiger partial charge in [-0.15, -0.1) is 0 Å². The normalized spacial score (nSPS) is 18.0. The summed E-state index contributed by atoms with van der Waals surface area (Å²) in [5, 5.41) is 3.45. The van der Waals surface area contributed by atoms with Crippen LogP contribution < -0.4 is 5.32 Å². The number of hydrogen-bond acceptors (Lipinski definition) is 4. The molecule has 1 unspecified atom stereocenters. The molecule has 2 rings (SSSR count). The first-order valence-corrected chi connectivity index (χ1v) is 9.14. The first kappa shape index (κ1) is 18.4. The molecule has 23 heavy (non-hydrogen) atoms. The molecular formula is C19H34N4. The van der Waals surface area contributed by atoms with Crippen LogP contribution in [0.1, 0.15) is 39.4 Å². The molecule has 0 radical (unpaired) electrons. The van der Waals surface area contributed by atoms with Crippen LogP contribution in [0.5, 0.6) is 0 Å². The minimum atomic E-state index is 0.388. The first-order chi connectivity index (χ1) is 11.1. The van der Waals surface area contributed by atoms with Crippen LogP contribution in [-0.4, -0.2) is 60.6 Å². The van der Waals surface area contributed by atoms with Crippen molar-refractivity contribution in [3.05, 3.63) is 30.1 Å². The molecule has 0 amide bonds. The quantitative estimate of drug-likeness (QED) is 0.798. The smallest absolute Gasteiger partial charge is 0.0649 e. The van der Waals surface area contributed by atoms with Gasteiger partial charge in [0.15, 0.2) is 0 Å². The zero-order valence-corrected chi connectivity index (χ0v) is 15.3. The maximum Gasteiger partial charge on any atom is 0.0649 e. The van der Waals surface area contributed by atoms with Gasteiger partial charge in [-0.2, -0.15) is 0 Å². The van der Waals surface area contributed by atoms with E-state index >= 15 is 0 Å². The Labute approximate surface area is 142 Å². The third kappa shape index (κ3) is 6.21. The van der Waals surface area contributed by atoms with Crippen molar-refractivity contribution in [1.29, 1.82) is 0 Å². The van der Waals surface area contributed by atoms with Gasteiger partial charge < -0.3 is 5.32 Å². The summed E-state index contributed by atoms with van der Waals surface area (Å²) in [5.74, 6) is 1.34. The standard InChI is InChI=1S/C19H34N4/c1-16(2)13-23(14-17(3)4)19(18-7-5-6-8-21-18)15-22-11-9-20-10-12-22/h5-8,16-17,19-20H,9-15H2,1-4H3. The van der Waals surface area contributed by atoms with Gasteiger partial charge >= 0.3 is 0 Å². The Morgan fingerprint density at radius 2 is 1.74 bits per heavy atom. The number of hydrogen-bond donors (Lipinski definition) is 1. The summed E-state index contributed by atoms with van der Waals surface area (Å²) < 4.78 is 0. The summed E-state index contributed by atoms with van der Waals surface area (Å²) in [6.07, 6.45) is 1.93. The average Bonchev–Trinajstić information content (AvgIpc) is 2.53. The molecule has 1 N–H and O–H groups in total. The van der Waals surface area contributed by atoms with E-state index in [4.69, 9.17) is 4.98 Å². The number of nitrogens with zero attached hydrogens (tertiary/aromatic N) is 3. The van der Waals surface area contributed by atoms with Gasteiger partial charge in [0.2, 0.25) is 0 Å². The second kappa shape index (κ2) is 9.36. The van der Waals surface area contributed by atoms with E-state index in [1.54, 1.807) is 0 Å². The summed E-state index contributed by atoms with van der Waals surface area (Å²) in [4.78, 5) is 9.94. The fourth-order valence-electron chi connectivity index (χ4n) is 3.37. The summed E-state index contributed by atoms with van der Waals surface area (Å²) in [6, 6.07) is 6.72. The Balaban J connectivity index is 2.18. The predicted octanol–water partition coefficient (Wildman–Crippen LogP) is 2.64. The summed E-state index contributed by atoms with van der Waals surface area (Å²) >= 11 is 0. The molecule has 1 fully saturated rings. The predicted molar refractivity (Wildman–Crippen MR) is 97.5 cm³/mol. The molecule has 4 heteroatoms. The molecule has 0 aliphatic carbocycles. The van der Waals surface area contributed by atoms with Crippen LogP contribution in [0.15, 0.2) is 24.4 Å². The van der Waals surface area contributed by atoms with Crippen LogP contribution in [-0.2, 0) is 0 Å². The van der Waals surface area contributed by atoms with E-state index < -0.39 is 0 Å². The van der Waals surface area contributed by atoms with Gasteiger partial charge in [-0.25, -0.2) is 0 Å². The molecule has 1 saturated heterocycles. The van der Waals surface area contributed by atoms with Gasteiger partial charge in [0.05, 0.1) is 11.7 Å². The zero-order valence-electron chi connectivity index (χ0n) is 15.3. The number of pyridine rings is 1. The van der Waals surface area contributed by atoms with E-state index in [9.17, 15) is 0 Å². The summed E-state index contributed by atoms with van der Waals surface area (Å²) in [7, 11) is 0. The van der Waals surface area contributed by atoms with Crippen molar-refractivity contribution in [2.45, 2.75) is 33.7 Å². The molecule has 1 aliphatic heterocycles. The van der Waals surface area contributed by atoms with E-state index in [2.05, 4.69) is 54.9 Å². The molecule has 2 heterocycles. The van der Waals surface area contributed by atoms with Gasteiger partial charge in [-0.3, -0.25) is 14.8 Å². The largest absolute Gasteiger partial charge is 0.314 e. The highest BCUT2D eigenvalue weighted by molar-refractivity contribution is 5.10. The second-order valence-electron chi connectivity index (χ2n) is 7.56. The minimum absolute atomic E-state index is 0.388. The van der Waals surface area contributed by atoms with Crippen LogP contribution in [0.2, 0.25) is 0 Å². The van der Waals surface area contributed by atoms with Gasteiger partial charge in [0, 0.05) is 52.0 Å². The lowest BCUT2D eigenvalue weighted by Gasteiger charge is -2.38. The van der Waals surface area contributed by atoms with Crippen LogP contribution in [0.3, 0.4) is 0 Å². The lowest BCUT2D eigenvalue weighted by Crippen LogP contribution is -2.48.